The first kappa shape index (κ1) is 20.3. The van der Waals surface area contributed by atoms with Gasteiger partial charge in [-0.05, 0) is 41.7 Å². The van der Waals surface area contributed by atoms with Gasteiger partial charge >= 0.3 is 5.69 Å². The summed E-state index contributed by atoms with van der Waals surface area (Å²) in [5.74, 6) is 0.731. The zero-order chi connectivity index (χ0) is 21.8. The van der Waals surface area contributed by atoms with E-state index in [9.17, 15) is 14.9 Å². The molecule has 9 heteroatoms. The van der Waals surface area contributed by atoms with Crippen molar-refractivity contribution < 1.29 is 14.5 Å². The van der Waals surface area contributed by atoms with Crippen LogP contribution in [0.4, 0.5) is 5.69 Å². The summed E-state index contributed by atoms with van der Waals surface area (Å²) in [7, 11) is 1.55. The summed E-state index contributed by atoms with van der Waals surface area (Å²) >= 11 is 0. The summed E-state index contributed by atoms with van der Waals surface area (Å²) < 4.78 is 6.84. The molecule has 2 aromatic carbocycles. The highest BCUT2D eigenvalue weighted by Gasteiger charge is 2.43. The van der Waals surface area contributed by atoms with Crippen LogP contribution in [0.5, 0.6) is 5.75 Å². The normalized spacial score (nSPS) is 17.5. The van der Waals surface area contributed by atoms with E-state index in [2.05, 4.69) is 15.6 Å². The fourth-order valence-corrected chi connectivity index (χ4v) is 3.52. The Kier molecular flexibility index (Phi) is 5.74. The van der Waals surface area contributed by atoms with Gasteiger partial charge in [-0.3, -0.25) is 19.6 Å². The molecule has 1 saturated carbocycles. The third kappa shape index (κ3) is 4.77. The van der Waals surface area contributed by atoms with Gasteiger partial charge in [0, 0.05) is 11.5 Å². The van der Waals surface area contributed by atoms with Crippen LogP contribution in [0.15, 0.2) is 66.0 Å². The first-order valence-corrected chi connectivity index (χ1v) is 9.77. The van der Waals surface area contributed by atoms with Gasteiger partial charge in [0.2, 0.25) is 5.91 Å². The zero-order valence-corrected chi connectivity index (χ0v) is 16.8. The van der Waals surface area contributed by atoms with Crippen LogP contribution in [0.25, 0.3) is 0 Å². The maximum Gasteiger partial charge on any atom is 0.307 e. The van der Waals surface area contributed by atoms with Gasteiger partial charge in [0.25, 0.3) is 0 Å². The number of aromatic nitrogens is 2. The molecular formula is C22H21N5O4. The van der Waals surface area contributed by atoms with Crippen molar-refractivity contribution in [3.05, 3.63) is 87.7 Å². The Morgan fingerprint density at radius 2 is 2.16 bits per heavy atom. The van der Waals surface area contributed by atoms with Gasteiger partial charge in [-0.25, -0.2) is 5.43 Å². The van der Waals surface area contributed by atoms with Gasteiger partial charge < -0.3 is 4.74 Å². The highest BCUT2D eigenvalue weighted by molar-refractivity contribution is 5.85. The molecule has 158 valence electrons. The molecule has 9 nitrogen and oxygen atoms in total. The molecule has 1 aromatic heterocycles. The Bertz CT molecular complexity index is 1130. The number of nitrogens with zero attached hydrogens (tertiary/aromatic N) is 4. The molecule has 3 aromatic rings. The van der Waals surface area contributed by atoms with Crippen LogP contribution >= 0.6 is 0 Å². The van der Waals surface area contributed by atoms with Crippen LogP contribution in [0.2, 0.25) is 0 Å². The number of carbonyl (C=O) groups excluding carboxylic acids is 1. The number of methoxy groups -OCH3 is 1. The summed E-state index contributed by atoms with van der Waals surface area (Å²) in [6, 6.07) is 15.4. The van der Waals surface area contributed by atoms with Crippen LogP contribution in [0.1, 0.15) is 29.0 Å². The monoisotopic (exact) mass is 419 g/mol. The van der Waals surface area contributed by atoms with Crippen molar-refractivity contribution in [2.45, 2.75) is 18.9 Å². The van der Waals surface area contributed by atoms with Gasteiger partial charge in [0.05, 0.1) is 24.8 Å². The smallest absolute Gasteiger partial charge is 0.307 e. The molecule has 1 fully saturated rings. The number of carbonyl (C=O) groups is 1. The molecule has 0 bridgehead atoms. The van der Waals surface area contributed by atoms with E-state index in [-0.39, 0.29) is 23.4 Å². The van der Waals surface area contributed by atoms with E-state index >= 15 is 0 Å². The predicted molar refractivity (Wildman–Crippen MR) is 114 cm³/mol. The van der Waals surface area contributed by atoms with Gasteiger partial charge in [0.15, 0.2) is 0 Å². The topological polar surface area (TPSA) is 112 Å². The molecule has 1 heterocycles. The van der Waals surface area contributed by atoms with Gasteiger partial charge in [-0.2, -0.15) is 10.2 Å². The highest BCUT2D eigenvalue weighted by Crippen LogP contribution is 2.47. The molecule has 2 atom stereocenters. The van der Waals surface area contributed by atoms with Crippen molar-refractivity contribution in [1.82, 2.24) is 15.2 Å². The maximum atomic E-state index is 12.3. The number of hydrogen-bond acceptors (Lipinski definition) is 6. The molecule has 1 N–H and O–H groups in total. The number of ether oxygens (including phenoxy) is 1. The summed E-state index contributed by atoms with van der Waals surface area (Å²) in [4.78, 5) is 22.7. The van der Waals surface area contributed by atoms with E-state index in [1.165, 1.54) is 22.6 Å². The number of amides is 1. The quantitative estimate of drug-likeness (QED) is 0.343. The SMILES string of the molecule is COc1ccc(/C=N\NC(=O)[C@H]2C[C@H]2c2ccccc2)cc1Cn1cc([N+](=O)[O-])cn1. The number of hydrogen-bond donors (Lipinski definition) is 1. The molecule has 4 rings (SSSR count). The fraction of sp³-hybridized carbons (Fsp3) is 0.227. The lowest BCUT2D eigenvalue weighted by molar-refractivity contribution is -0.385. The number of nitrogens with one attached hydrogen (secondary N) is 1. The first-order chi connectivity index (χ1) is 15.0. The molecule has 0 spiro atoms. The van der Waals surface area contributed by atoms with Crippen LogP contribution in [0, 0.1) is 16.0 Å². The molecule has 31 heavy (non-hydrogen) atoms. The van der Waals surface area contributed by atoms with E-state index in [0.29, 0.717) is 12.3 Å². The van der Waals surface area contributed by atoms with E-state index in [1.54, 1.807) is 19.4 Å². The third-order valence-electron chi connectivity index (χ3n) is 5.21. The zero-order valence-electron chi connectivity index (χ0n) is 16.8. The summed E-state index contributed by atoms with van der Waals surface area (Å²) in [5.41, 5.74) is 5.25. The lowest BCUT2D eigenvalue weighted by atomic mass is 10.1. The Balaban J connectivity index is 1.39. The van der Waals surface area contributed by atoms with Crippen molar-refractivity contribution in [2.75, 3.05) is 7.11 Å². The predicted octanol–water partition coefficient (Wildman–Crippen LogP) is 3.10. The van der Waals surface area contributed by atoms with Crippen LogP contribution in [-0.4, -0.2) is 33.9 Å². The Hall–Kier alpha value is -4.01. The minimum atomic E-state index is -0.491. The molecule has 1 amide bonds. The molecule has 1 aliphatic rings. The summed E-state index contributed by atoms with van der Waals surface area (Å²) in [5, 5.41) is 18.9. The van der Waals surface area contributed by atoms with Crippen LogP contribution < -0.4 is 10.2 Å². The van der Waals surface area contributed by atoms with Gasteiger partial charge in [-0.15, -0.1) is 0 Å². The van der Waals surface area contributed by atoms with E-state index in [4.69, 9.17) is 4.74 Å². The number of benzene rings is 2. The summed E-state index contributed by atoms with van der Waals surface area (Å²) in [6.07, 6.45) is 4.95. The molecule has 0 aliphatic heterocycles. The number of nitro groups is 1. The number of hydrazone groups is 1. The molecule has 1 aliphatic carbocycles. The van der Waals surface area contributed by atoms with Crippen molar-refractivity contribution in [1.29, 1.82) is 0 Å². The largest absolute Gasteiger partial charge is 0.496 e. The van der Waals surface area contributed by atoms with Crippen molar-refractivity contribution >= 4 is 17.8 Å². The molecular weight excluding hydrogens is 398 g/mol. The van der Waals surface area contributed by atoms with Crippen molar-refractivity contribution in [3.63, 3.8) is 0 Å². The molecule has 0 radical (unpaired) electrons. The Labute approximate surface area is 178 Å². The average molecular weight is 419 g/mol. The maximum absolute atomic E-state index is 12.3. The van der Waals surface area contributed by atoms with E-state index in [1.807, 2.05) is 42.5 Å². The second kappa shape index (κ2) is 8.78. The Morgan fingerprint density at radius 3 is 2.87 bits per heavy atom. The van der Waals surface area contributed by atoms with Gasteiger partial charge in [0.1, 0.15) is 18.1 Å². The third-order valence-corrected chi connectivity index (χ3v) is 5.21. The second-order valence-electron chi connectivity index (χ2n) is 7.32. The molecule has 0 unspecified atom stereocenters. The highest BCUT2D eigenvalue weighted by atomic mass is 16.6. The minimum Gasteiger partial charge on any atom is -0.496 e. The van der Waals surface area contributed by atoms with E-state index in [0.717, 1.165) is 17.5 Å². The first-order valence-electron chi connectivity index (χ1n) is 9.77. The second-order valence-corrected chi connectivity index (χ2v) is 7.32. The molecule has 0 saturated heterocycles. The standard InChI is InChI=1S/C22H21N5O4/c1-31-21-8-7-15(9-17(21)13-26-14-18(12-24-26)27(29)30)11-23-25-22(28)20-10-19(20)16-5-3-2-4-6-16/h2-9,11-12,14,19-20H,10,13H2,1H3,(H,25,28)/b23-11-/t19-,20-/m0/s1. The van der Waals surface area contributed by atoms with Crippen molar-refractivity contribution in [3.8, 4) is 5.75 Å². The Morgan fingerprint density at radius 1 is 1.35 bits per heavy atom. The van der Waals surface area contributed by atoms with Crippen LogP contribution in [-0.2, 0) is 11.3 Å². The lowest BCUT2D eigenvalue weighted by Crippen LogP contribution is -2.20. The fourth-order valence-electron chi connectivity index (χ4n) is 3.52. The summed E-state index contributed by atoms with van der Waals surface area (Å²) in [6.45, 7) is 0.298. The average Bonchev–Trinajstić information content (AvgIpc) is 3.45. The minimum absolute atomic E-state index is 0.0541. The van der Waals surface area contributed by atoms with Crippen molar-refractivity contribution in [2.24, 2.45) is 11.0 Å². The number of rotatable bonds is 8. The van der Waals surface area contributed by atoms with Crippen LogP contribution in [0.3, 0.4) is 0 Å². The lowest BCUT2D eigenvalue weighted by Gasteiger charge is -2.09. The van der Waals surface area contributed by atoms with E-state index < -0.39 is 4.92 Å². The van der Waals surface area contributed by atoms with Gasteiger partial charge in [-0.1, -0.05) is 30.3 Å².